The topological polar surface area (TPSA) is 41.0 Å². The number of anilines is 2. The van der Waals surface area contributed by atoms with Gasteiger partial charge in [0.05, 0.1) is 0 Å². The average Bonchev–Trinajstić information content (AvgIpc) is 2.39. The minimum absolute atomic E-state index is 0.758. The van der Waals surface area contributed by atoms with Gasteiger partial charge in [-0.3, -0.25) is 0 Å². The quantitative estimate of drug-likeness (QED) is 0.670. The van der Waals surface area contributed by atoms with Gasteiger partial charge in [0, 0.05) is 25.7 Å². The summed E-state index contributed by atoms with van der Waals surface area (Å²) in [6, 6.07) is 2.07. The molecule has 1 aliphatic rings. The van der Waals surface area contributed by atoms with E-state index in [-0.39, 0.29) is 0 Å². The number of rotatable bonds is 4. The van der Waals surface area contributed by atoms with Gasteiger partial charge in [0.25, 0.3) is 0 Å². The van der Waals surface area contributed by atoms with Crippen LogP contribution in [-0.4, -0.2) is 35.9 Å². The second-order valence-electron chi connectivity index (χ2n) is 4.82. The molecule has 5 heteroatoms. The summed E-state index contributed by atoms with van der Waals surface area (Å²) in [7, 11) is 0. The lowest BCUT2D eigenvalue weighted by molar-refractivity contribution is 0.444. The van der Waals surface area contributed by atoms with Gasteiger partial charge >= 0.3 is 0 Å². The Morgan fingerprint density at radius 2 is 2.33 bits per heavy atom. The van der Waals surface area contributed by atoms with E-state index in [0.717, 1.165) is 42.3 Å². The third-order valence-corrected chi connectivity index (χ3v) is 3.76. The first-order valence-corrected chi connectivity index (χ1v) is 7.87. The van der Waals surface area contributed by atoms with E-state index in [9.17, 15) is 0 Å². The number of nitrogens with one attached hydrogen (secondary N) is 1. The zero-order valence-corrected chi connectivity index (χ0v) is 12.3. The van der Waals surface area contributed by atoms with Crippen LogP contribution in [0.3, 0.4) is 0 Å². The second-order valence-corrected chi connectivity index (χ2v) is 5.60. The second kappa shape index (κ2) is 6.27. The minimum Gasteiger partial charge on any atom is -0.370 e. The monoisotopic (exact) mass is 266 g/mol. The molecule has 4 nitrogen and oxygen atoms in total. The first kappa shape index (κ1) is 13.5. The Hall–Kier alpha value is -0.970. The molecule has 0 saturated carbocycles. The fourth-order valence-corrected chi connectivity index (χ4v) is 2.71. The van der Waals surface area contributed by atoms with Gasteiger partial charge in [-0.2, -0.15) is 0 Å². The highest BCUT2D eigenvalue weighted by atomic mass is 32.2. The molecule has 1 unspecified atom stereocenters. The third kappa shape index (κ3) is 3.28. The molecule has 1 saturated heterocycles. The highest BCUT2D eigenvalue weighted by molar-refractivity contribution is 7.98. The first-order chi connectivity index (χ1) is 8.72. The van der Waals surface area contributed by atoms with Gasteiger partial charge in [-0.15, -0.1) is 0 Å². The van der Waals surface area contributed by atoms with E-state index in [1.807, 2.05) is 6.26 Å². The van der Waals surface area contributed by atoms with E-state index in [2.05, 4.69) is 40.1 Å². The van der Waals surface area contributed by atoms with Crippen LogP contribution in [0.4, 0.5) is 11.6 Å². The minimum atomic E-state index is 0.758. The summed E-state index contributed by atoms with van der Waals surface area (Å²) in [6.45, 7) is 7.51. The van der Waals surface area contributed by atoms with Gasteiger partial charge in [-0.1, -0.05) is 18.7 Å². The maximum atomic E-state index is 4.63. The van der Waals surface area contributed by atoms with E-state index in [1.165, 1.54) is 12.8 Å². The van der Waals surface area contributed by atoms with Crippen molar-refractivity contribution in [2.75, 3.05) is 36.1 Å². The Morgan fingerprint density at radius 3 is 3.00 bits per heavy atom. The van der Waals surface area contributed by atoms with E-state index in [4.69, 9.17) is 0 Å². The van der Waals surface area contributed by atoms with Crippen LogP contribution in [0.25, 0.3) is 0 Å². The molecule has 0 radical (unpaired) electrons. The molecule has 2 heterocycles. The van der Waals surface area contributed by atoms with Crippen LogP contribution in [-0.2, 0) is 0 Å². The fourth-order valence-electron chi connectivity index (χ4n) is 2.34. The van der Waals surface area contributed by atoms with E-state index < -0.39 is 0 Å². The highest BCUT2D eigenvalue weighted by Crippen LogP contribution is 2.25. The molecule has 1 N–H and O–H groups in total. The molecule has 1 atom stereocenters. The van der Waals surface area contributed by atoms with Crippen LogP contribution in [0.15, 0.2) is 11.2 Å². The normalized spacial score (nSPS) is 19.9. The Bertz CT molecular complexity index is 397. The third-order valence-electron chi connectivity index (χ3n) is 3.21. The number of aromatic nitrogens is 2. The van der Waals surface area contributed by atoms with Gasteiger partial charge in [-0.25, -0.2) is 9.97 Å². The van der Waals surface area contributed by atoms with Crippen molar-refractivity contribution in [1.29, 1.82) is 0 Å². The first-order valence-electron chi connectivity index (χ1n) is 6.64. The molecule has 1 aliphatic heterocycles. The molecular formula is C13H22N4S. The molecule has 18 heavy (non-hydrogen) atoms. The largest absolute Gasteiger partial charge is 0.370 e. The highest BCUT2D eigenvalue weighted by Gasteiger charge is 2.18. The molecule has 0 aromatic carbocycles. The van der Waals surface area contributed by atoms with Crippen molar-refractivity contribution in [2.24, 2.45) is 5.92 Å². The zero-order valence-electron chi connectivity index (χ0n) is 11.4. The van der Waals surface area contributed by atoms with Crippen molar-refractivity contribution in [1.82, 2.24) is 9.97 Å². The molecule has 1 aromatic rings. The molecule has 1 aromatic heterocycles. The smallest absolute Gasteiger partial charge is 0.191 e. The van der Waals surface area contributed by atoms with Crippen LogP contribution >= 0.6 is 11.8 Å². The predicted molar refractivity (Wildman–Crippen MR) is 78.6 cm³/mol. The number of hydrogen-bond acceptors (Lipinski definition) is 5. The van der Waals surface area contributed by atoms with Crippen LogP contribution in [0.5, 0.6) is 0 Å². The van der Waals surface area contributed by atoms with Crippen LogP contribution < -0.4 is 10.2 Å². The Kier molecular flexibility index (Phi) is 4.69. The Labute approximate surface area is 114 Å². The zero-order chi connectivity index (χ0) is 13.0. The van der Waals surface area contributed by atoms with Crippen LogP contribution in [0.2, 0.25) is 0 Å². The standard InChI is InChI=1S/C13H22N4S/c1-4-14-11-8-12(16-13(15-11)18-3)17-7-5-6-10(2)9-17/h8,10H,4-7,9H2,1-3H3,(H,14,15,16). The number of nitrogens with zero attached hydrogens (tertiary/aromatic N) is 3. The summed E-state index contributed by atoms with van der Waals surface area (Å²) >= 11 is 1.60. The molecule has 2 rings (SSSR count). The van der Waals surface area contributed by atoms with E-state index in [1.54, 1.807) is 11.8 Å². The lowest BCUT2D eigenvalue weighted by Crippen LogP contribution is -2.35. The van der Waals surface area contributed by atoms with Gasteiger partial charge < -0.3 is 10.2 Å². The lowest BCUT2D eigenvalue weighted by atomic mass is 10.0. The van der Waals surface area contributed by atoms with Crippen molar-refractivity contribution in [3.63, 3.8) is 0 Å². The van der Waals surface area contributed by atoms with Crippen molar-refractivity contribution in [3.8, 4) is 0 Å². The van der Waals surface area contributed by atoms with E-state index >= 15 is 0 Å². The molecule has 0 amide bonds. The summed E-state index contributed by atoms with van der Waals surface area (Å²) in [5.74, 6) is 2.76. The van der Waals surface area contributed by atoms with Gasteiger partial charge in [-0.05, 0) is 31.9 Å². The molecule has 0 aliphatic carbocycles. The average molecular weight is 266 g/mol. The number of hydrogen-bond donors (Lipinski definition) is 1. The van der Waals surface area contributed by atoms with Gasteiger partial charge in [0.2, 0.25) is 0 Å². The SMILES string of the molecule is CCNc1cc(N2CCCC(C)C2)nc(SC)n1. The summed E-state index contributed by atoms with van der Waals surface area (Å²) in [6.07, 6.45) is 4.61. The maximum absolute atomic E-state index is 4.63. The predicted octanol–water partition coefficient (Wildman–Crippen LogP) is 2.87. The molecule has 0 bridgehead atoms. The lowest BCUT2D eigenvalue weighted by Gasteiger charge is -2.32. The maximum Gasteiger partial charge on any atom is 0.191 e. The number of piperidine rings is 1. The van der Waals surface area contributed by atoms with Crippen LogP contribution in [0, 0.1) is 5.92 Å². The molecule has 100 valence electrons. The summed E-state index contributed by atoms with van der Waals surface area (Å²) in [4.78, 5) is 11.5. The van der Waals surface area contributed by atoms with Gasteiger partial charge in [0.1, 0.15) is 11.6 Å². The van der Waals surface area contributed by atoms with Crippen molar-refractivity contribution >= 4 is 23.4 Å². The van der Waals surface area contributed by atoms with Crippen LogP contribution in [0.1, 0.15) is 26.7 Å². The molecule has 1 fully saturated rings. The number of thioether (sulfide) groups is 1. The Morgan fingerprint density at radius 1 is 1.50 bits per heavy atom. The molecular weight excluding hydrogens is 244 g/mol. The van der Waals surface area contributed by atoms with Crippen molar-refractivity contribution < 1.29 is 0 Å². The summed E-state index contributed by atoms with van der Waals surface area (Å²) in [5, 5.41) is 4.13. The van der Waals surface area contributed by atoms with Crippen molar-refractivity contribution in [2.45, 2.75) is 31.8 Å². The van der Waals surface area contributed by atoms with Crippen molar-refractivity contribution in [3.05, 3.63) is 6.07 Å². The summed E-state index contributed by atoms with van der Waals surface area (Å²) < 4.78 is 0. The molecule has 0 spiro atoms. The fraction of sp³-hybridized carbons (Fsp3) is 0.692. The Balaban J connectivity index is 2.22. The summed E-state index contributed by atoms with van der Waals surface area (Å²) in [5.41, 5.74) is 0. The van der Waals surface area contributed by atoms with Gasteiger partial charge in [0.15, 0.2) is 5.16 Å². The van der Waals surface area contributed by atoms with E-state index in [0.29, 0.717) is 0 Å².